The first-order valence-electron chi connectivity index (χ1n) is 5.19. The summed E-state index contributed by atoms with van der Waals surface area (Å²) in [4.78, 5) is 6.84. The molecule has 2 heteroatoms. The molecule has 1 saturated heterocycles. The van der Waals surface area contributed by atoms with E-state index in [1.807, 2.05) is 12.3 Å². The monoisotopic (exact) mass is 186 g/mol. The lowest BCUT2D eigenvalue weighted by Crippen LogP contribution is -2.23. The van der Waals surface area contributed by atoms with E-state index in [1.165, 1.54) is 18.5 Å². The molecule has 72 valence electrons. The third-order valence-corrected chi connectivity index (χ3v) is 3.39. The number of likely N-dealkylation sites (tertiary alicyclic amines) is 1. The minimum Gasteiger partial charge on any atom is -0.299 e. The summed E-state index contributed by atoms with van der Waals surface area (Å²) in [5.41, 5.74) is 2.56. The topological polar surface area (TPSA) is 16.1 Å². The minimum absolute atomic E-state index is 0.573. The molecule has 14 heavy (non-hydrogen) atoms. The van der Waals surface area contributed by atoms with E-state index in [0.29, 0.717) is 12.0 Å². The second-order valence-electron chi connectivity index (χ2n) is 4.21. The molecule has 3 rings (SSSR count). The molecule has 2 atom stereocenters. The molecule has 0 aromatic carbocycles. The lowest BCUT2D eigenvalue weighted by molar-refractivity contribution is 0.293. The fraction of sp³-hybridized carbons (Fsp3) is 0.417. The van der Waals surface area contributed by atoms with E-state index in [2.05, 4.69) is 35.1 Å². The molecule has 2 nitrogen and oxygen atoms in total. The number of fused-ring (bicyclic) bond motifs is 3. The molecule has 2 heterocycles. The summed E-state index contributed by atoms with van der Waals surface area (Å²) in [6.07, 6.45) is 7.66. The Morgan fingerprint density at radius 2 is 2.43 bits per heavy atom. The van der Waals surface area contributed by atoms with Crippen LogP contribution in [0, 0.1) is 5.92 Å². The quantitative estimate of drug-likeness (QED) is 0.617. The van der Waals surface area contributed by atoms with Crippen molar-refractivity contribution in [3.05, 3.63) is 35.7 Å². The fourth-order valence-electron chi connectivity index (χ4n) is 2.68. The predicted octanol–water partition coefficient (Wildman–Crippen LogP) is 2.10. The molecule has 1 aromatic heterocycles. The lowest BCUT2D eigenvalue weighted by Gasteiger charge is -2.27. The zero-order valence-electron chi connectivity index (χ0n) is 8.35. The lowest BCUT2D eigenvalue weighted by atomic mass is 9.88. The Morgan fingerprint density at radius 1 is 1.50 bits per heavy atom. The Hall–Kier alpha value is -1.15. The van der Waals surface area contributed by atoms with Gasteiger partial charge in [0.05, 0.1) is 5.69 Å². The van der Waals surface area contributed by atoms with Gasteiger partial charge in [0.25, 0.3) is 0 Å². The van der Waals surface area contributed by atoms with Crippen LogP contribution in [0.3, 0.4) is 0 Å². The standard InChI is InChI=1S/C12H14N2/c1-14-8-6-9-4-5-11-10(12(9)14)3-2-7-13-11/h2-5,7,9,12H,6,8H2,1H3. The van der Waals surface area contributed by atoms with Crippen LogP contribution in [-0.4, -0.2) is 23.5 Å². The van der Waals surface area contributed by atoms with Crippen molar-refractivity contribution in [2.75, 3.05) is 13.6 Å². The van der Waals surface area contributed by atoms with Gasteiger partial charge in [0.15, 0.2) is 0 Å². The highest BCUT2D eigenvalue weighted by Gasteiger charge is 2.34. The van der Waals surface area contributed by atoms with E-state index in [0.717, 1.165) is 5.69 Å². The van der Waals surface area contributed by atoms with Crippen LogP contribution >= 0.6 is 0 Å². The zero-order chi connectivity index (χ0) is 9.54. The summed E-state index contributed by atoms with van der Waals surface area (Å²) in [5.74, 6) is 0.705. The van der Waals surface area contributed by atoms with Gasteiger partial charge < -0.3 is 0 Å². The van der Waals surface area contributed by atoms with Gasteiger partial charge >= 0.3 is 0 Å². The number of hydrogen-bond acceptors (Lipinski definition) is 2. The van der Waals surface area contributed by atoms with Crippen LogP contribution in [-0.2, 0) is 0 Å². The van der Waals surface area contributed by atoms with Crippen molar-refractivity contribution in [2.45, 2.75) is 12.5 Å². The molecule has 1 aliphatic carbocycles. The van der Waals surface area contributed by atoms with Crippen LogP contribution in [0.1, 0.15) is 23.7 Å². The fourth-order valence-corrected chi connectivity index (χ4v) is 2.68. The van der Waals surface area contributed by atoms with Crippen LogP contribution in [0.25, 0.3) is 6.08 Å². The van der Waals surface area contributed by atoms with Gasteiger partial charge in [0.1, 0.15) is 0 Å². The highest BCUT2D eigenvalue weighted by atomic mass is 15.2. The maximum absolute atomic E-state index is 4.40. The van der Waals surface area contributed by atoms with Gasteiger partial charge in [0, 0.05) is 12.2 Å². The molecule has 0 amide bonds. The van der Waals surface area contributed by atoms with E-state index < -0.39 is 0 Å². The van der Waals surface area contributed by atoms with Crippen LogP contribution < -0.4 is 0 Å². The van der Waals surface area contributed by atoms with Crippen LogP contribution in [0.2, 0.25) is 0 Å². The van der Waals surface area contributed by atoms with Gasteiger partial charge in [-0.05, 0) is 43.6 Å². The molecular formula is C12H14N2. The first-order valence-corrected chi connectivity index (χ1v) is 5.19. The second-order valence-corrected chi connectivity index (χ2v) is 4.21. The summed E-state index contributed by atoms with van der Waals surface area (Å²) in [5, 5.41) is 0. The SMILES string of the molecule is CN1CCC2C=Cc3ncccc3C21. The van der Waals surface area contributed by atoms with Gasteiger partial charge in [-0.15, -0.1) is 0 Å². The van der Waals surface area contributed by atoms with Crippen LogP contribution in [0.5, 0.6) is 0 Å². The third-order valence-electron chi connectivity index (χ3n) is 3.39. The molecule has 2 aliphatic rings. The first-order chi connectivity index (χ1) is 6.86. The van der Waals surface area contributed by atoms with Gasteiger partial charge in [-0.2, -0.15) is 0 Å². The highest BCUT2D eigenvalue weighted by Crippen LogP contribution is 2.41. The maximum atomic E-state index is 4.40. The first kappa shape index (κ1) is 8.18. The number of pyridine rings is 1. The Kier molecular flexibility index (Phi) is 1.71. The molecule has 0 saturated carbocycles. The van der Waals surface area contributed by atoms with E-state index in [-0.39, 0.29) is 0 Å². The van der Waals surface area contributed by atoms with Crippen molar-refractivity contribution in [2.24, 2.45) is 5.92 Å². The van der Waals surface area contributed by atoms with Gasteiger partial charge in [0.2, 0.25) is 0 Å². The number of rotatable bonds is 0. The molecular weight excluding hydrogens is 172 g/mol. The van der Waals surface area contributed by atoms with E-state index in [1.54, 1.807) is 0 Å². The van der Waals surface area contributed by atoms with Crippen molar-refractivity contribution in [3.63, 3.8) is 0 Å². The second kappa shape index (κ2) is 2.92. The smallest absolute Gasteiger partial charge is 0.0674 e. The number of aromatic nitrogens is 1. The number of hydrogen-bond donors (Lipinski definition) is 0. The minimum atomic E-state index is 0.573. The Balaban J connectivity index is 2.12. The van der Waals surface area contributed by atoms with Crippen LogP contribution in [0.15, 0.2) is 24.4 Å². The molecule has 1 aliphatic heterocycles. The molecule has 0 radical (unpaired) electrons. The predicted molar refractivity (Wildman–Crippen MR) is 56.7 cm³/mol. The Morgan fingerprint density at radius 3 is 3.36 bits per heavy atom. The largest absolute Gasteiger partial charge is 0.299 e. The molecule has 1 fully saturated rings. The molecule has 1 aromatic rings. The van der Waals surface area contributed by atoms with E-state index in [9.17, 15) is 0 Å². The summed E-state index contributed by atoms with van der Waals surface area (Å²) in [6, 6.07) is 4.83. The van der Waals surface area contributed by atoms with Crippen molar-refractivity contribution in [1.82, 2.24) is 9.88 Å². The molecule has 0 bridgehead atoms. The van der Waals surface area contributed by atoms with E-state index in [4.69, 9.17) is 0 Å². The summed E-state index contributed by atoms with van der Waals surface area (Å²) in [6.45, 7) is 1.20. The van der Waals surface area contributed by atoms with Crippen molar-refractivity contribution in [3.8, 4) is 0 Å². The molecule has 2 unspecified atom stereocenters. The average molecular weight is 186 g/mol. The highest BCUT2D eigenvalue weighted by molar-refractivity contribution is 5.54. The molecule has 0 spiro atoms. The normalized spacial score (nSPS) is 30.1. The van der Waals surface area contributed by atoms with E-state index >= 15 is 0 Å². The average Bonchev–Trinajstić information content (AvgIpc) is 2.61. The third kappa shape index (κ3) is 1.04. The van der Waals surface area contributed by atoms with Gasteiger partial charge in [-0.25, -0.2) is 0 Å². The Bertz CT molecular complexity index is 384. The summed E-state index contributed by atoms with van der Waals surface area (Å²) in [7, 11) is 2.21. The maximum Gasteiger partial charge on any atom is 0.0674 e. The summed E-state index contributed by atoms with van der Waals surface area (Å²) < 4.78 is 0. The van der Waals surface area contributed by atoms with Gasteiger partial charge in [-0.3, -0.25) is 9.88 Å². The summed E-state index contributed by atoms with van der Waals surface area (Å²) >= 11 is 0. The van der Waals surface area contributed by atoms with Gasteiger partial charge in [-0.1, -0.05) is 12.1 Å². The number of nitrogens with zero attached hydrogens (tertiary/aromatic N) is 2. The van der Waals surface area contributed by atoms with Crippen molar-refractivity contribution in [1.29, 1.82) is 0 Å². The van der Waals surface area contributed by atoms with Crippen molar-refractivity contribution >= 4 is 6.08 Å². The zero-order valence-corrected chi connectivity index (χ0v) is 8.35. The Labute approximate surface area is 84.3 Å². The van der Waals surface area contributed by atoms with Crippen LogP contribution in [0.4, 0.5) is 0 Å². The van der Waals surface area contributed by atoms with Crippen molar-refractivity contribution < 1.29 is 0 Å². The molecule has 0 N–H and O–H groups in total.